The van der Waals surface area contributed by atoms with E-state index in [0.29, 0.717) is 54.4 Å². The predicted molar refractivity (Wildman–Crippen MR) is 118 cm³/mol. The monoisotopic (exact) mass is 450 g/mol. The fourth-order valence-corrected chi connectivity index (χ4v) is 4.78. The number of nitrogens with zero attached hydrogens (tertiary/aromatic N) is 2. The Hall–Kier alpha value is -3.88. The fraction of sp³-hybridized carbons (Fsp3) is 0.333. The molecule has 0 saturated heterocycles. The first kappa shape index (κ1) is 21.0. The number of amides is 1. The van der Waals surface area contributed by atoms with Crippen molar-refractivity contribution in [2.24, 2.45) is 0 Å². The van der Waals surface area contributed by atoms with E-state index in [1.807, 2.05) is 12.1 Å². The number of rotatable bonds is 5. The number of fused-ring (bicyclic) bond motifs is 1. The first-order valence-corrected chi connectivity index (χ1v) is 10.9. The second-order valence-electron chi connectivity index (χ2n) is 8.08. The minimum Gasteiger partial charge on any atom is -0.494 e. The topological polar surface area (TPSA) is 108 Å². The van der Waals surface area contributed by atoms with E-state index in [1.165, 1.54) is 17.0 Å². The molecule has 0 bridgehead atoms. The van der Waals surface area contributed by atoms with Crippen LogP contribution in [0.2, 0.25) is 0 Å². The molecule has 2 aromatic rings. The van der Waals surface area contributed by atoms with Crippen molar-refractivity contribution in [3.05, 3.63) is 63.3 Å². The molecule has 0 fully saturated rings. The lowest BCUT2D eigenvalue weighted by atomic mass is 9.77. The molecule has 2 heterocycles. The Balaban J connectivity index is 1.63. The molecule has 3 aliphatic rings. The van der Waals surface area contributed by atoms with Crippen LogP contribution in [0.15, 0.2) is 47.7 Å². The number of carbonyl (C=O) groups is 2. The Kier molecular flexibility index (Phi) is 5.24. The molecule has 1 amide bonds. The van der Waals surface area contributed by atoms with Crippen LogP contribution in [-0.2, 0) is 9.59 Å². The Morgan fingerprint density at radius 3 is 2.73 bits per heavy atom. The highest BCUT2D eigenvalue weighted by Crippen LogP contribution is 2.47. The third-order valence-corrected chi connectivity index (χ3v) is 6.17. The summed E-state index contributed by atoms with van der Waals surface area (Å²) in [6.07, 6.45) is 1.47. The van der Waals surface area contributed by atoms with Gasteiger partial charge in [0.15, 0.2) is 17.3 Å². The third-order valence-electron chi connectivity index (χ3n) is 6.17. The highest BCUT2D eigenvalue weighted by molar-refractivity contribution is 6.08. The van der Waals surface area contributed by atoms with E-state index in [0.717, 1.165) is 5.56 Å². The van der Waals surface area contributed by atoms with Crippen LogP contribution in [0.5, 0.6) is 17.2 Å². The summed E-state index contributed by atoms with van der Waals surface area (Å²) < 4.78 is 16.3. The smallest absolute Gasteiger partial charge is 0.297 e. The molecule has 0 spiro atoms. The summed E-state index contributed by atoms with van der Waals surface area (Å²) in [6, 6.07) is 9.87. The van der Waals surface area contributed by atoms with Gasteiger partial charge < -0.3 is 14.2 Å². The number of nitro groups is 1. The minimum absolute atomic E-state index is 0.0224. The first-order chi connectivity index (χ1) is 16.0. The molecule has 2 aromatic carbocycles. The van der Waals surface area contributed by atoms with E-state index in [9.17, 15) is 19.7 Å². The minimum atomic E-state index is -0.528. The molecule has 1 atom stereocenters. The SMILES string of the molecule is CCOc1ccc(N2C(=O)CC(c3ccc4c(c3)OCO4)C3=C2CCCC3=O)c([N+](=O)[O-])c1. The largest absolute Gasteiger partial charge is 0.494 e. The number of benzene rings is 2. The van der Waals surface area contributed by atoms with Gasteiger partial charge in [-0.05, 0) is 49.6 Å². The van der Waals surface area contributed by atoms with E-state index in [-0.39, 0.29) is 36.3 Å². The van der Waals surface area contributed by atoms with Crippen LogP contribution < -0.4 is 19.1 Å². The number of nitro benzene ring substituents is 1. The molecule has 0 saturated carbocycles. The number of hydrogen-bond donors (Lipinski definition) is 0. The number of allylic oxidation sites excluding steroid dienone is 2. The summed E-state index contributed by atoms with van der Waals surface area (Å²) in [5.41, 5.74) is 1.79. The predicted octanol–water partition coefficient (Wildman–Crippen LogP) is 4.25. The Labute approximate surface area is 189 Å². The molecular formula is C24H22N2O7. The van der Waals surface area contributed by atoms with Crippen molar-refractivity contribution in [2.75, 3.05) is 18.3 Å². The van der Waals surface area contributed by atoms with Gasteiger partial charge in [0, 0.05) is 30.0 Å². The van der Waals surface area contributed by atoms with E-state index in [1.54, 1.807) is 19.1 Å². The maximum Gasteiger partial charge on any atom is 0.297 e. The van der Waals surface area contributed by atoms with Crippen molar-refractivity contribution in [2.45, 2.75) is 38.5 Å². The molecule has 9 heteroatoms. The van der Waals surface area contributed by atoms with Gasteiger partial charge in [0.2, 0.25) is 12.7 Å². The van der Waals surface area contributed by atoms with E-state index < -0.39 is 10.8 Å². The Morgan fingerprint density at radius 2 is 1.94 bits per heavy atom. The van der Waals surface area contributed by atoms with Gasteiger partial charge in [-0.15, -0.1) is 0 Å². The van der Waals surface area contributed by atoms with Crippen LogP contribution in [-0.4, -0.2) is 30.0 Å². The quantitative estimate of drug-likeness (QED) is 0.495. The van der Waals surface area contributed by atoms with Crippen molar-refractivity contribution < 1.29 is 28.7 Å². The zero-order valence-corrected chi connectivity index (χ0v) is 18.0. The molecule has 170 valence electrons. The molecule has 1 aliphatic carbocycles. The van der Waals surface area contributed by atoms with Gasteiger partial charge in [0.05, 0.1) is 17.6 Å². The summed E-state index contributed by atoms with van der Waals surface area (Å²) in [7, 11) is 0. The van der Waals surface area contributed by atoms with Crippen LogP contribution in [0.25, 0.3) is 0 Å². The summed E-state index contributed by atoms with van der Waals surface area (Å²) in [5.74, 6) is 0.785. The van der Waals surface area contributed by atoms with Gasteiger partial charge in [-0.1, -0.05) is 6.07 Å². The summed E-state index contributed by atoms with van der Waals surface area (Å²) in [6.45, 7) is 2.28. The highest BCUT2D eigenvalue weighted by atomic mass is 16.7. The number of Topliss-reactive ketones (excluding diaryl/α,β-unsaturated/α-hetero) is 1. The van der Waals surface area contributed by atoms with Gasteiger partial charge in [0.1, 0.15) is 11.4 Å². The van der Waals surface area contributed by atoms with Crippen LogP contribution in [0.1, 0.15) is 44.1 Å². The van der Waals surface area contributed by atoms with E-state index in [4.69, 9.17) is 14.2 Å². The van der Waals surface area contributed by atoms with Crippen LogP contribution in [0.4, 0.5) is 11.4 Å². The van der Waals surface area contributed by atoms with Crippen molar-refractivity contribution in [1.29, 1.82) is 0 Å². The summed E-state index contributed by atoms with van der Waals surface area (Å²) in [5, 5.41) is 11.8. The van der Waals surface area contributed by atoms with Crippen molar-refractivity contribution in [3.63, 3.8) is 0 Å². The summed E-state index contributed by atoms with van der Waals surface area (Å²) in [4.78, 5) is 39.2. The molecule has 1 unspecified atom stereocenters. The Morgan fingerprint density at radius 1 is 1.12 bits per heavy atom. The van der Waals surface area contributed by atoms with Gasteiger partial charge in [-0.3, -0.25) is 24.6 Å². The molecule has 0 aromatic heterocycles. The summed E-state index contributed by atoms with van der Waals surface area (Å²) >= 11 is 0. The molecular weight excluding hydrogens is 428 g/mol. The first-order valence-electron chi connectivity index (χ1n) is 10.9. The molecule has 0 N–H and O–H groups in total. The maximum absolute atomic E-state index is 13.4. The molecule has 2 aliphatic heterocycles. The number of ether oxygens (including phenoxy) is 3. The standard InChI is InChI=1S/C24H22N2O7/c1-2-31-15-7-8-17(19(11-15)26(29)30)25-18-4-3-5-20(27)24(18)16(12-23(25)28)14-6-9-21-22(10-14)33-13-32-21/h6-11,16H,2-5,12-13H2,1H3. The second kappa shape index (κ2) is 8.23. The number of anilines is 1. The van der Waals surface area contributed by atoms with Gasteiger partial charge in [-0.2, -0.15) is 0 Å². The fourth-order valence-electron chi connectivity index (χ4n) is 4.78. The molecule has 5 rings (SSSR count). The van der Waals surface area contributed by atoms with Crippen molar-refractivity contribution >= 4 is 23.1 Å². The number of hydrogen-bond acceptors (Lipinski definition) is 7. The second-order valence-corrected chi connectivity index (χ2v) is 8.08. The lowest BCUT2D eigenvalue weighted by molar-refractivity contribution is -0.384. The lowest BCUT2D eigenvalue weighted by Crippen LogP contribution is -2.40. The van der Waals surface area contributed by atoms with Gasteiger partial charge in [-0.25, -0.2) is 0 Å². The molecule has 33 heavy (non-hydrogen) atoms. The van der Waals surface area contributed by atoms with Crippen LogP contribution >= 0.6 is 0 Å². The number of ketones is 1. The normalized spacial score (nSPS) is 19.5. The lowest BCUT2D eigenvalue weighted by Gasteiger charge is -2.38. The average molecular weight is 450 g/mol. The highest BCUT2D eigenvalue weighted by Gasteiger charge is 2.42. The average Bonchev–Trinajstić information content (AvgIpc) is 3.27. The molecule has 0 radical (unpaired) electrons. The zero-order chi connectivity index (χ0) is 23.1. The van der Waals surface area contributed by atoms with Crippen molar-refractivity contribution in [3.8, 4) is 17.2 Å². The van der Waals surface area contributed by atoms with Crippen LogP contribution in [0, 0.1) is 10.1 Å². The van der Waals surface area contributed by atoms with E-state index in [2.05, 4.69) is 0 Å². The maximum atomic E-state index is 13.4. The van der Waals surface area contributed by atoms with Gasteiger partial charge in [0.25, 0.3) is 5.69 Å². The molecule has 9 nitrogen and oxygen atoms in total. The Bertz CT molecular complexity index is 1200. The van der Waals surface area contributed by atoms with E-state index >= 15 is 0 Å². The number of carbonyl (C=O) groups excluding carboxylic acids is 2. The third kappa shape index (κ3) is 3.59. The van der Waals surface area contributed by atoms with Gasteiger partial charge >= 0.3 is 0 Å². The van der Waals surface area contributed by atoms with Crippen LogP contribution in [0.3, 0.4) is 0 Å². The van der Waals surface area contributed by atoms with Crippen molar-refractivity contribution in [1.82, 2.24) is 0 Å². The zero-order valence-electron chi connectivity index (χ0n) is 18.0.